The third-order valence-electron chi connectivity index (χ3n) is 4.74. The number of amides is 2. The summed E-state index contributed by atoms with van der Waals surface area (Å²) in [6, 6.07) is 14.5. The smallest absolute Gasteiger partial charge is 0.315 e. The Hall–Kier alpha value is -3.21. The van der Waals surface area contributed by atoms with Crippen LogP contribution in [0.2, 0.25) is 0 Å². The van der Waals surface area contributed by atoms with Gasteiger partial charge in [-0.2, -0.15) is 0 Å². The minimum absolute atomic E-state index is 0.189. The molecular formula is C21H17NO4. The number of ether oxygens (including phenoxy) is 1. The fourth-order valence-electron chi connectivity index (χ4n) is 3.54. The molecule has 4 rings (SSSR count). The van der Waals surface area contributed by atoms with Gasteiger partial charge in [-0.15, -0.1) is 0 Å². The number of benzene rings is 2. The summed E-state index contributed by atoms with van der Waals surface area (Å²) in [5.41, 5.74) is 2.83. The lowest BCUT2D eigenvalue weighted by Crippen LogP contribution is -2.33. The van der Waals surface area contributed by atoms with Gasteiger partial charge in [0, 0.05) is 12.2 Å². The Morgan fingerprint density at radius 3 is 2.50 bits per heavy atom. The van der Waals surface area contributed by atoms with Crippen molar-refractivity contribution in [3.05, 3.63) is 77.4 Å². The minimum Gasteiger partial charge on any atom is -0.426 e. The van der Waals surface area contributed by atoms with E-state index in [-0.39, 0.29) is 30.2 Å². The maximum atomic E-state index is 12.2. The van der Waals surface area contributed by atoms with Crippen molar-refractivity contribution in [2.24, 2.45) is 0 Å². The summed E-state index contributed by atoms with van der Waals surface area (Å²) >= 11 is 0. The van der Waals surface area contributed by atoms with Crippen LogP contribution >= 0.6 is 0 Å². The second-order valence-corrected chi connectivity index (χ2v) is 6.43. The number of fused-ring (bicyclic) bond motifs is 1. The SMILES string of the molecule is O=C(Cc1ccccc1)Oc1ccc2c(c1)[C@@H](N1C(=O)C=CC1=O)CC2. The van der Waals surface area contributed by atoms with Gasteiger partial charge in [0.05, 0.1) is 12.5 Å². The van der Waals surface area contributed by atoms with Crippen molar-refractivity contribution in [1.29, 1.82) is 0 Å². The number of nitrogens with zero attached hydrogens (tertiary/aromatic N) is 1. The molecule has 2 aromatic rings. The number of aryl methyl sites for hydroxylation is 1. The summed E-state index contributed by atoms with van der Waals surface area (Å²) in [6.07, 6.45) is 4.26. The van der Waals surface area contributed by atoms with E-state index in [1.165, 1.54) is 17.1 Å². The molecule has 1 atom stereocenters. The van der Waals surface area contributed by atoms with Gasteiger partial charge in [0.1, 0.15) is 5.75 Å². The van der Waals surface area contributed by atoms with Crippen molar-refractivity contribution in [1.82, 2.24) is 4.90 Å². The molecule has 2 aromatic carbocycles. The van der Waals surface area contributed by atoms with Crippen LogP contribution in [0.3, 0.4) is 0 Å². The van der Waals surface area contributed by atoms with E-state index in [2.05, 4.69) is 0 Å². The van der Waals surface area contributed by atoms with Crippen LogP contribution in [0.25, 0.3) is 0 Å². The molecule has 0 bridgehead atoms. The average molecular weight is 347 g/mol. The van der Waals surface area contributed by atoms with Crippen molar-refractivity contribution in [2.75, 3.05) is 0 Å². The first kappa shape index (κ1) is 16.3. The first-order chi connectivity index (χ1) is 12.6. The van der Waals surface area contributed by atoms with Crippen molar-refractivity contribution in [3.63, 3.8) is 0 Å². The molecule has 130 valence electrons. The van der Waals surface area contributed by atoms with Crippen LogP contribution in [-0.4, -0.2) is 22.7 Å². The van der Waals surface area contributed by atoms with E-state index in [9.17, 15) is 14.4 Å². The Labute approximate surface area is 150 Å². The normalized spacial score (nSPS) is 18.3. The highest BCUT2D eigenvalue weighted by atomic mass is 16.5. The van der Waals surface area contributed by atoms with Crippen molar-refractivity contribution < 1.29 is 19.1 Å². The standard InChI is InChI=1S/C21H17NO4/c23-19-10-11-20(24)22(19)18-9-7-15-6-8-16(13-17(15)18)26-21(25)12-14-4-2-1-3-5-14/h1-6,8,10-11,13,18H,7,9,12H2/t18-/m0/s1. The van der Waals surface area contributed by atoms with Crippen molar-refractivity contribution in [2.45, 2.75) is 25.3 Å². The van der Waals surface area contributed by atoms with Gasteiger partial charge in [0.25, 0.3) is 11.8 Å². The number of hydrogen-bond acceptors (Lipinski definition) is 4. The summed E-state index contributed by atoms with van der Waals surface area (Å²) in [7, 11) is 0. The van der Waals surface area contributed by atoms with E-state index < -0.39 is 0 Å². The fraction of sp³-hybridized carbons (Fsp3) is 0.190. The number of carbonyl (C=O) groups is 3. The molecule has 2 amide bonds. The molecule has 2 aliphatic rings. The second kappa shape index (κ2) is 6.59. The number of imide groups is 1. The third-order valence-corrected chi connectivity index (χ3v) is 4.74. The molecule has 26 heavy (non-hydrogen) atoms. The van der Waals surface area contributed by atoms with E-state index in [0.29, 0.717) is 12.2 Å². The largest absolute Gasteiger partial charge is 0.426 e. The van der Waals surface area contributed by atoms with Crippen LogP contribution in [0.1, 0.15) is 29.2 Å². The molecule has 0 unspecified atom stereocenters. The Bertz CT molecular complexity index is 899. The number of carbonyl (C=O) groups excluding carboxylic acids is 3. The highest BCUT2D eigenvalue weighted by Crippen LogP contribution is 2.39. The molecular weight excluding hydrogens is 330 g/mol. The average Bonchev–Trinajstić information content (AvgIpc) is 3.18. The molecule has 0 fully saturated rings. The second-order valence-electron chi connectivity index (χ2n) is 6.43. The Morgan fingerprint density at radius 2 is 1.77 bits per heavy atom. The van der Waals surface area contributed by atoms with Crippen LogP contribution in [-0.2, 0) is 27.2 Å². The predicted octanol–water partition coefficient (Wildman–Crippen LogP) is 2.75. The minimum atomic E-state index is -0.347. The lowest BCUT2D eigenvalue weighted by atomic mass is 10.1. The van der Waals surface area contributed by atoms with Gasteiger partial charge in [-0.25, -0.2) is 0 Å². The van der Waals surface area contributed by atoms with Crippen molar-refractivity contribution >= 4 is 17.8 Å². The maximum Gasteiger partial charge on any atom is 0.315 e. The van der Waals surface area contributed by atoms with E-state index in [4.69, 9.17) is 4.74 Å². The summed E-state index contributed by atoms with van der Waals surface area (Å²) in [5.74, 6) is -0.497. The summed E-state index contributed by atoms with van der Waals surface area (Å²) in [4.78, 5) is 37.4. The van der Waals surface area contributed by atoms with E-state index in [1.54, 1.807) is 12.1 Å². The number of esters is 1. The molecule has 0 radical (unpaired) electrons. The van der Waals surface area contributed by atoms with Crippen molar-refractivity contribution in [3.8, 4) is 5.75 Å². The molecule has 5 heteroatoms. The quantitative estimate of drug-likeness (QED) is 0.485. The van der Waals surface area contributed by atoms with Gasteiger partial charge in [-0.05, 0) is 41.7 Å². The lowest BCUT2D eigenvalue weighted by molar-refractivity contribution is -0.140. The van der Waals surface area contributed by atoms with Gasteiger partial charge in [-0.3, -0.25) is 19.3 Å². The Morgan fingerprint density at radius 1 is 1.04 bits per heavy atom. The van der Waals surface area contributed by atoms with E-state index in [0.717, 1.165) is 23.1 Å². The summed E-state index contributed by atoms with van der Waals surface area (Å²) < 4.78 is 5.47. The monoisotopic (exact) mass is 347 g/mol. The van der Waals surface area contributed by atoms with Crippen LogP contribution in [0.15, 0.2) is 60.7 Å². The molecule has 0 spiro atoms. The molecule has 1 aliphatic heterocycles. The van der Waals surface area contributed by atoms with Gasteiger partial charge >= 0.3 is 5.97 Å². The molecule has 1 heterocycles. The molecule has 1 aliphatic carbocycles. The molecule has 0 aromatic heterocycles. The third kappa shape index (κ3) is 3.04. The van der Waals surface area contributed by atoms with Crippen LogP contribution in [0, 0.1) is 0 Å². The van der Waals surface area contributed by atoms with E-state index in [1.807, 2.05) is 36.4 Å². The molecule has 5 nitrogen and oxygen atoms in total. The topological polar surface area (TPSA) is 63.7 Å². The highest BCUT2D eigenvalue weighted by Gasteiger charge is 2.36. The van der Waals surface area contributed by atoms with Crippen LogP contribution in [0.5, 0.6) is 5.75 Å². The fourth-order valence-corrected chi connectivity index (χ4v) is 3.54. The van der Waals surface area contributed by atoms with Crippen LogP contribution < -0.4 is 4.74 Å². The predicted molar refractivity (Wildman–Crippen MR) is 94.3 cm³/mol. The van der Waals surface area contributed by atoms with Gasteiger partial charge in [0.2, 0.25) is 0 Å². The molecule has 0 saturated carbocycles. The van der Waals surface area contributed by atoms with Gasteiger partial charge in [0.15, 0.2) is 0 Å². The Balaban J connectivity index is 1.52. The lowest BCUT2D eigenvalue weighted by Gasteiger charge is -2.23. The number of hydrogen-bond donors (Lipinski definition) is 0. The highest BCUT2D eigenvalue weighted by molar-refractivity contribution is 6.13. The zero-order chi connectivity index (χ0) is 18.1. The first-order valence-electron chi connectivity index (χ1n) is 8.54. The molecule has 0 saturated heterocycles. The zero-order valence-corrected chi connectivity index (χ0v) is 14.1. The molecule has 0 N–H and O–H groups in total. The summed E-state index contributed by atoms with van der Waals surface area (Å²) in [5, 5.41) is 0. The van der Waals surface area contributed by atoms with E-state index >= 15 is 0 Å². The zero-order valence-electron chi connectivity index (χ0n) is 14.1. The van der Waals surface area contributed by atoms with Gasteiger partial charge < -0.3 is 4.74 Å². The Kier molecular flexibility index (Phi) is 4.13. The van der Waals surface area contributed by atoms with Crippen LogP contribution in [0.4, 0.5) is 0 Å². The first-order valence-corrected chi connectivity index (χ1v) is 8.54. The maximum absolute atomic E-state index is 12.2. The summed E-state index contributed by atoms with van der Waals surface area (Å²) in [6.45, 7) is 0. The number of rotatable bonds is 4. The van der Waals surface area contributed by atoms with Gasteiger partial charge in [-0.1, -0.05) is 36.4 Å².